The third-order valence-electron chi connectivity index (χ3n) is 6.68. The fourth-order valence-electron chi connectivity index (χ4n) is 4.27. The Morgan fingerprint density at radius 1 is 1.28 bits per heavy atom. The van der Waals surface area contributed by atoms with E-state index >= 15 is 0 Å². The summed E-state index contributed by atoms with van der Waals surface area (Å²) in [6.07, 6.45) is 11.0. The van der Waals surface area contributed by atoms with Crippen molar-refractivity contribution in [3.05, 3.63) is 17.8 Å². The fraction of sp³-hybridized carbons (Fsp3) is 0.700. The molecule has 0 radical (unpaired) electrons. The molecule has 2 saturated carbocycles. The maximum Gasteiger partial charge on any atom is 0.226 e. The van der Waals surface area contributed by atoms with Crippen LogP contribution in [0.1, 0.15) is 77.2 Å². The summed E-state index contributed by atoms with van der Waals surface area (Å²) in [4.78, 5) is 0. The molecular formula is C20H30N4O. The molecule has 5 heteroatoms. The summed E-state index contributed by atoms with van der Waals surface area (Å²) in [5, 5.41) is 8.20. The van der Waals surface area contributed by atoms with Crippen LogP contribution in [0.25, 0.3) is 5.65 Å². The van der Waals surface area contributed by atoms with Crippen LogP contribution < -0.4 is 10.5 Å². The van der Waals surface area contributed by atoms with Crippen molar-refractivity contribution in [2.45, 2.75) is 77.7 Å². The second kappa shape index (κ2) is 6.19. The minimum Gasteiger partial charge on any atom is -0.489 e. The lowest BCUT2D eigenvalue weighted by Gasteiger charge is -2.44. The molecule has 0 saturated heterocycles. The molecule has 0 aliphatic heterocycles. The monoisotopic (exact) mass is 342 g/mol. The number of pyridine rings is 1. The first-order valence-corrected chi connectivity index (χ1v) is 9.85. The standard InChI is InChI=1S/C20H30N4O/c1-4-13-8-9-20(3,5-2)17(10-13)25-16-11-18-22-23-19(21)24(18)12-15(16)14-6-7-14/h11-14,17H,4-10H2,1-3H3,(H2,21,23)/t13-,17+,20?/m0/s1. The third-order valence-corrected chi connectivity index (χ3v) is 6.68. The van der Waals surface area contributed by atoms with Gasteiger partial charge in [-0.05, 0) is 50.4 Å². The Morgan fingerprint density at radius 3 is 2.76 bits per heavy atom. The van der Waals surface area contributed by atoms with Crippen molar-refractivity contribution in [3.8, 4) is 5.75 Å². The summed E-state index contributed by atoms with van der Waals surface area (Å²) >= 11 is 0. The normalized spacial score (nSPS) is 29.9. The summed E-state index contributed by atoms with van der Waals surface area (Å²) in [5.74, 6) is 2.83. The van der Waals surface area contributed by atoms with Gasteiger partial charge in [0, 0.05) is 23.2 Å². The number of nitrogens with zero attached hydrogens (tertiary/aromatic N) is 3. The highest BCUT2D eigenvalue weighted by molar-refractivity contribution is 5.53. The quantitative estimate of drug-likeness (QED) is 0.865. The van der Waals surface area contributed by atoms with Crippen LogP contribution >= 0.6 is 0 Å². The van der Waals surface area contributed by atoms with Crippen molar-refractivity contribution in [1.82, 2.24) is 14.6 Å². The van der Waals surface area contributed by atoms with Crippen molar-refractivity contribution >= 4 is 11.6 Å². The number of hydrogen-bond acceptors (Lipinski definition) is 4. The van der Waals surface area contributed by atoms with E-state index in [1.54, 1.807) is 0 Å². The lowest BCUT2D eigenvalue weighted by Crippen LogP contribution is -2.42. The number of aromatic nitrogens is 3. The topological polar surface area (TPSA) is 65.4 Å². The molecule has 5 nitrogen and oxygen atoms in total. The van der Waals surface area contributed by atoms with Gasteiger partial charge < -0.3 is 10.5 Å². The van der Waals surface area contributed by atoms with Gasteiger partial charge in [-0.15, -0.1) is 10.2 Å². The van der Waals surface area contributed by atoms with Gasteiger partial charge in [-0.1, -0.05) is 27.2 Å². The third kappa shape index (κ3) is 2.98. The van der Waals surface area contributed by atoms with Gasteiger partial charge in [0.2, 0.25) is 5.95 Å². The van der Waals surface area contributed by atoms with Crippen molar-refractivity contribution < 1.29 is 4.74 Å². The molecule has 4 rings (SSSR count). The van der Waals surface area contributed by atoms with Gasteiger partial charge in [-0.2, -0.15) is 0 Å². The van der Waals surface area contributed by atoms with Crippen molar-refractivity contribution in [3.63, 3.8) is 0 Å². The van der Waals surface area contributed by atoms with E-state index in [1.807, 2.05) is 10.5 Å². The molecule has 2 aliphatic carbocycles. The highest BCUT2D eigenvalue weighted by atomic mass is 16.5. The number of rotatable bonds is 5. The van der Waals surface area contributed by atoms with E-state index in [-0.39, 0.29) is 11.5 Å². The maximum atomic E-state index is 6.72. The molecule has 0 amide bonds. The summed E-state index contributed by atoms with van der Waals surface area (Å²) in [7, 11) is 0. The summed E-state index contributed by atoms with van der Waals surface area (Å²) in [6.45, 7) is 7.00. The van der Waals surface area contributed by atoms with E-state index in [9.17, 15) is 0 Å². The smallest absolute Gasteiger partial charge is 0.226 e. The molecule has 2 aromatic rings. The van der Waals surface area contributed by atoms with Gasteiger partial charge in [0.05, 0.1) is 0 Å². The van der Waals surface area contributed by atoms with Crippen LogP contribution in [-0.4, -0.2) is 20.7 Å². The first kappa shape index (κ1) is 16.7. The van der Waals surface area contributed by atoms with E-state index in [4.69, 9.17) is 10.5 Å². The molecule has 2 aromatic heterocycles. The molecule has 25 heavy (non-hydrogen) atoms. The molecule has 136 valence electrons. The van der Waals surface area contributed by atoms with Crippen LogP contribution in [0, 0.1) is 11.3 Å². The van der Waals surface area contributed by atoms with Gasteiger partial charge >= 0.3 is 0 Å². The maximum absolute atomic E-state index is 6.72. The first-order chi connectivity index (χ1) is 12.0. The average Bonchev–Trinajstić information content (AvgIpc) is 3.41. The average molecular weight is 342 g/mol. The number of ether oxygens (including phenoxy) is 1. The molecule has 0 bridgehead atoms. The predicted octanol–water partition coefficient (Wildman–Crippen LogP) is 4.56. The fourth-order valence-corrected chi connectivity index (χ4v) is 4.27. The predicted molar refractivity (Wildman–Crippen MR) is 99.8 cm³/mol. The summed E-state index contributed by atoms with van der Waals surface area (Å²) < 4.78 is 8.61. The van der Waals surface area contributed by atoms with Gasteiger partial charge in [0.15, 0.2) is 5.65 Å². The molecule has 2 N–H and O–H groups in total. The summed E-state index contributed by atoms with van der Waals surface area (Å²) in [6, 6.07) is 2.04. The van der Waals surface area contributed by atoms with Crippen LogP contribution in [0.2, 0.25) is 0 Å². The zero-order valence-electron chi connectivity index (χ0n) is 15.7. The minimum atomic E-state index is 0.255. The largest absolute Gasteiger partial charge is 0.489 e. The minimum absolute atomic E-state index is 0.255. The number of nitrogen functional groups attached to an aromatic ring is 1. The SMILES string of the molecule is CC[C@H]1CCC(C)(CC)[C@H](Oc2cc3nnc(N)n3cc2C2CC2)C1. The van der Waals surface area contributed by atoms with Crippen molar-refractivity contribution in [2.24, 2.45) is 11.3 Å². The number of hydrogen-bond donors (Lipinski definition) is 1. The number of nitrogens with two attached hydrogens (primary N) is 1. The van der Waals surface area contributed by atoms with Gasteiger partial charge in [0.25, 0.3) is 0 Å². The molecule has 3 atom stereocenters. The second-order valence-electron chi connectivity index (χ2n) is 8.32. The van der Waals surface area contributed by atoms with E-state index in [0.717, 1.165) is 30.2 Å². The Balaban J connectivity index is 1.69. The Bertz CT molecular complexity index is 766. The molecule has 1 unspecified atom stereocenters. The second-order valence-corrected chi connectivity index (χ2v) is 8.32. The van der Waals surface area contributed by atoms with E-state index in [2.05, 4.69) is 37.2 Å². The van der Waals surface area contributed by atoms with Gasteiger partial charge in [-0.3, -0.25) is 4.40 Å². The number of fused-ring (bicyclic) bond motifs is 1. The summed E-state index contributed by atoms with van der Waals surface area (Å²) in [5.41, 5.74) is 8.25. The zero-order valence-corrected chi connectivity index (χ0v) is 15.7. The van der Waals surface area contributed by atoms with E-state index in [1.165, 1.54) is 37.7 Å². The van der Waals surface area contributed by atoms with E-state index in [0.29, 0.717) is 11.9 Å². The molecular weight excluding hydrogens is 312 g/mol. The highest BCUT2D eigenvalue weighted by Crippen LogP contribution is 2.48. The lowest BCUT2D eigenvalue weighted by molar-refractivity contribution is -0.00523. The molecule has 2 fully saturated rings. The molecule has 2 heterocycles. The van der Waals surface area contributed by atoms with Crippen molar-refractivity contribution in [1.29, 1.82) is 0 Å². The van der Waals surface area contributed by atoms with Crippen LogP contribution in [0.3, 0.4) is 0 Å². The molecule has 0 aromatic carbocycles. The van der Waals surface area contributed by atoms with Crippen LogP contribution in [0.4, 0.5) is 5.95 Å². The Kier molecular flexibility index (Phi) is 4.13. The Labute approximate surface area is 150 Å². The van der Waals surface area contributed by atoms with Gasteiger partial charge in [-0.25, -0.2) is 0 Å². The lowest BCUT2D eigenvalue weighted by atomic mass is 9.67. The highest BCUT2D eigenvalue weighted by Gasteiger charge is 2.40. The number of anilines is 1. The molecule has 2 aliphatic rings. The van der Waals surface area contributed by atoms with E-state index < -0.39 is 0 Å². The Morgan fingerprint density at radius 2 is 2.08 bits per heavy atom. The molecule has 0 spiro atoms. The van der Waals surface area contributed by atoms with Crippen LogP contribution in [0.15, 0.2) is 12.3 Å². The van der Waals surface area contributed by atoms with Crippen LogP contribution in [0.5, 0.6) is 5.75 Å². The van der Waals surface area contributed by atoms with Crippen molar-refractivity contribution in [2.75, 3.05) is 5.73 Å². The zero-order chi connectivity index (χ0) is 17.6. The first-order valence-electron chi connectivity index (χ1n) is 9.85. The Hall–Kier alpha value is -1.78. The van der Waals surface area contributed by atoms with Crippen LogP contribution in [-0.2, 0) is 0 Å². The van der Waals surface area contributed by atoms with Gasteiger partial charge in [0.1, 0.15) is 11.9 Å².